The predicted octanol–water partition coefficient (Wildman–Crippen LogP) is 2.06. The Labute approximate surface area is 120 Å². The lowest BCUT2D eigenvalue weighted by Gasteiger charge is -2.20. The molecule has 0 saturated carbocycles. The Morgan fingerprint density at radius 2 is 2.20 bits per heavy atom. The molecule has 1 N–H and O–H groups in total. The van der Waals surface area contributed by atoms with Gasteiger partial charge in [-0.3, -0.25) is 9.67 Å². The van der Waals surface area contributed by atoms with Crippen LogP contribution in [-0.4, -0.2) is 26.5 Å². The Balaban J connectivity index is 2.22. The number of hydrogen-bond donors (Lipinski definition) is 1. The lowest BCUT2D eigenvalue weighted by atomic mass is 9.97. The fourth-order valence-corrected chi connectivity index (χ4v) is 2.38. The Kier molecular flexibility index (Phi) is 5.24. The van der Waals surface area contributed by atoms with Gasteiger partial charge in [0.15, 0.2) is 0 Å². The summed E-state index contributed by atoms with van der Waals surface area (Å²) in [4.78, 5) is 4.23. The molecule has 0 bridgehead atoms. The first-order valence-corrected chi connectivity index (χ1v) is 7.26. The number of hydrogen-bond acceptors (Lipinski definition) is 4. The van der Waals surface area contributed by atoms with E-state index in [1.165, 1.54) is 11.1 Å². The summed E-state index contributed by atoms with van der Waals surface area (Å²) in [7, 11) is 1.90. The van der Waals surface area contributed by atoms with Crippen LogP contribution in [0.4, 0.5) is 0 Å². The molecule has 2 aromatic rings. The normalized spacial score (nSPS) is 12.6. The van der Waals surface area contributed by atoms with Gasteiger partial charge in [-0.1, -0.05) is 19.1 Å². The van der Waals surface area contributed by atoms with Crippen molar-refractivity contribution < 1.29 is 0 Å². The molecular formula is C15H23N5. The zero-order valence-corrected chi connectivity index (χ0v) is 12.5. The molecule has 0 spiro atoms. The van der Waals surface area contributed by atoms with Crippen LogP contribution in [-0.2, 0) is 19.9 Å². The lowest BCUT2D eigenvalue weighted by Crippen LogP contribution is -2.25. The highest BCUT2D eigenvalue weighted by Crippen LogP contribution is 2.21. The summed E-state index contributed by atoms with van der Waals surface area (Å²) < 4.78 is 1.75. The molecule has 2 rings (SSSR count). The van der Waals surface area contributed by atoms with Gasteiger partial charge in [-0.05, 0) is 36.6 Å². The monoisotopic (exact) mass is 273 g/mol. The Bertz CT molecular complexity index is 535. The van der Waals surface area contributed by atoms with Crippen LogP contribution in [0.1, 0.15) is 43.1 Å². The van der Waals surface area contributed by atoms with E-state index in [2.05, 4.69) is 40.5 Å². The summed E-state index contributed by atoms with van der Waals surface area (Å²) in [6, 6.07) is 2.38. The Hall–Kier alpha value is -1.75. The second-order valence-corrected chi connectivity index (χ2v) is 5.02. The van der Waals surface area contributed by atoms with Crippen LogP contribution in [0, 0.1) is 0 Å². The zero-order valence-electron chi connectivity index (χ0n) is 12.5. The fraction of sp³-hybridized carbons (Fsp3) is 0.533. The van der Waals surface area contributed by atoms with E-state index in [0.29, 0.717) is 0 Å². The van der Waals surface area contributed by atoms with Crippen LogP contribution in [0.15, 0.2) is 24.7 Å². The van der Waals surface area contributed by atoms with Crippen LogP contribution >= 0.6 is 0 Å². The average Bonchev–Trinajstić information content (AvgIpc) is 2.88. The van der Waals surface area contributed by atoms with Gasteiger partial charge in [-0.2, -0.15) is 0 Å². The molecule has 2 aromatic heterocycles. The molecule has 5 heteroatoms. The first kappa shape index (κ1) is 14.7. The SMILES string of the molecule is CCCNC(Cc1cn(C)nn1)c1ccncc1CC. The van der Waals surface area contributed by atoms with Crippen molar-refractivity contribution in [1.29, 1.82) is 0 Å². The van der Waals surface area contributed by atoms with Crippen molar-refractivity contribution in [3.05, 3.63) is 41.5 Å². The highest BCUT2D eigenvalue weighted by Gasteiger charge is 2.16. The maximum Gasteiger partial charge on any atom is 0.0845 e. The Morgan fingerprint density at radius 3 is 2.85 bits per heavy atom. The Morgan fingerprint density at radius 1 is 1.35 bits per heavy atom. The molecule has 0 aliphatic rings. The van der Waals surface area contributed by atoms with E-state index < -0.39 is 0 Å². The van der Waals surface area contributed by atoms with Crippen LogP contribution in [0.3, 0.4) is 0 Å². The van der Waals surface area contributed by atoms with E-state index in [4.69, 9.17) is 0 Å². The van der Waals surface area contributed by atoms with Gasteiger partial charge in [0, 0.05) is 38.1 Å². The maximum absolute atomic E-state index is 4.23. The third-order valence-electron chi connectivity index (χ3n) is 3.40. The standard InChI is InChI=1S/C15H23N5/c1-4-7-17-15(9-13-11-20(3)19-18-13)14-6-8-16-10-12(14)5-2/h6,8,10-11,15,17H,4-5,7,9H2,1-3H3. The number of aryl methyl sites for hydroxylation is 2. The number of nitrogens with zero attached hydrogens (tertiary/aromatic N) is 4. The predicted molar refractivity (Wildman–Crippen MR) is 79.4 cm³/mol. The van der Waals surface area contributed by atoms with Crippen LogP contribution in [0.2, 0.25) is 0 Å². The third kappa shape index (κ3) is 3.63. The molecule has 0 amide bonds. The van der Waals surface area contributed by atoms with Crippen LogP contribution in [0.25, 0.3) is 0 Å². The van der Waals surface area contributed by atoms with Gasteiger partial charge in [0.1, 0.15) is 0 Å². The van der Waals surface area contributed by atoms with E-state index in [9.17, 15) is 0 Å². The quantitative estimate of drug-likeness (QED) is 0.839. The van der Waals surface area contributed by atoms with Crippen LogP contribution < -0.4 is 5.32 Å². The van der Waals surface area contributed by atoms with Crippen LogP contribution in [0.5, 0.6) is 0 Å². The topological polar surface area (TPSA) is 55.6 Å². The number of aromatic nitrogens is 4. The minimum absolute atomic E-state index is 0.268. The molecule has 0 saturated heterocycles. The van der Waals surface area contributed by atoms with E-state index in [-0.39, 0.29) is 6.04 Å². The van der Waals surface area contributed by atoms with E-state index >= 15 is 0 Å². The summed E-state index contributed by atoms with van der Waals surface area (Å²) in [6.45, 7) is 5.34. The minimum Gasteiger partial charge on any atom is -0.310 e. The largest absolute Gasteiger partial charge is 0.310 e. The highest BCUT2D eigenvalue weighted by molar-refractivity contribution is 5.27. The van der Waals surface area contributed by atoms with Crippen molar-refractivity contribution in [1.82, 2.24) is 25.3 Å². The molecule has 0 aliphatic heterocycles. The fourth-order valence-electron chi connectivity index (χ4n) is 2.38. The molecule has 0 radical (unpaired) electrons. The molecular weight excluding hydrogens is 250 g/mol. The molecule has 1 atom stereocenters. The van der Waals surface area contributed by atoms with Crippen molar-refractivity contribution in [2.24, 2.45) is 7.05 Å². The summed E-state index contributed by atoms with van der Waals surface area (Å²) >= 11 is 0. The van der Waals surface area contributed by atoms with Gasteiger partial charge in [0.05, 0.1) is 5.69 Å². The first-order valence-electron chi connectivity index (χ1n) is 7.26. The maximum atomic E-state index is 4.23. The molecule has 0 fully saturated rings. The van der Waals surface area contributed by atoms with E-state index in [0.717, 1.165) is 31.5 Å². The number of pyridine rings is 1. The summed E-state index contributed by atoms with van der Waals surface area (Å²) in [5.74, 6) is 0. The number of rotatable bonds is 7. The molecule has 0 aromatic carbocycles. The molecule has 108 valence electrons. The second-order valence-electron chi connectivity index (χ2n) is 5.02. The van der Waals surface area contributed by atoms with Gasteiger partial charge in [-0.15, -0.1) is 5.10 Å². The van der Waals surface area contributed by atoms with Gasteiger partial charge in [0.25, 0.3) is 0 Å². The first-order chi connectivity index (χ1) is 9.74. The molecule has 5 nitrogen and oxygen atoms in total. The average molecular weight is 273 g/mol. The van der Waals surface area contributed by atoms with Gasteiger partial charge < -0.3 is 5.32 Å². The molecule has 1 unspecified atom stereocenters. The van der Waals surface area contributed by atoms with E-state index in [1.807, 2.05) is 25.6 Å². The van der Waals surface area contributed by atoms with Crippen molar-refractivity contribution in [3.63, 3.8) is 0 Å². The second kappa shape index (κ2) is 7.14. The van der Waals surface area contributed by atoms with Gasteiger partial charge >= 0.3 is 0 Å². The van der Waals surface area contributed by atoms with Gasteiger partial charge in [-0.25, -0.2) is 0 Å². The zero-order chi connectivity index (χ0) is 14.4. The summed E-state index contributed by atoms with van der Waals surface area (Å²) in [5.41, 5.74) is 3.63. The molecule has 0 aliphatic carbocycles. The summed E-state index contributed by atoms with van der Waals surface area (Å²) in [6.07, 6.45) is 8.77. The highest BCUT2D eigenvalue weighted by atomic mass is 15.4. The van der Waals surface area contributed by atoms with Gasteiger partial charge in [0.2, 0.25) is 0 Å². The van der Waals surface area contributed by atoms with E-state index in [1.54, 1.807) is 4.68 Å². The van der Waals surface area contributed by atoms with Crippen molar-refractivity contribution in [2.75, 3.05) is 6.54 Å². The minimum atomic E-state index is 0.268. The third-order valence-corrected chi connectivity index (χ3v) is 3.40. The van der Waals surface area contributed by atoms with Crippen molar-refractivity contribution >= 4 is 0 Å². The summed E-state index contributed by atoms with van der Waals surface area (Å²) in [5, 5.41) is 11.8. The van der Waals surface area contributed by atoms with Crippen molar-refractivity contribution in [3.8, 4) is 0 Å². The lowest BCUT2D eigenvalue weighted by molar-refractivity contribution is 0.520. The number of nitrogens with one attached hydrogen (secondary N) is 1. The molecule has 20 heavy (non-hydrogen) atoms. The smallest absolute Gasteiger partial charge is 0.0845 e. The molecule has 2 heterocycles. The van der Waals surface area contributed by atoms with Crippen molar-refractivity contribution in [2.45, 2.75) is 39.2 Å².